The number of carboxylic acids is 1. The first-order valence-electron chi connectivity index (χ1n) is 6.94. The summed E-state index contributed by atoms with van der Waals surface area (Å²) in [5.41, 5.74) is 0. The maximum Gasteiger partial charge on any atom is 0.306 e. The molecular weight excluding hydrogens is 278 g/mol. The summed E-state index contributed by atoms with van der Waals surface area (Å²) < 4.78 is 0. The molecule has 0 saturated carbocycles. The molecule has 21 heavy (non-hydrogen) atoms. The Bertz CT molecular complexity index is 470. The van der Waals surface area contributed by atoms with Gasteiger partial charge in [0.2, 0.25) is 17.7 Å². The summed E-state index contributed by atoms with van der Waals surface area (Å²) in [6.07, 6.45) is 0.971. The van der Waals surface area contributed by atoms with Crippen LogP contribution in [0.15, 0.2) is 0 Å². The molecule has 0 radical (unpaired) electrons. The van der Waals surface area contributed by atoms with Crippen LogP contribution in [-0.2, 0) is 19.2 Å². The summed E-state index contributed by atoms with van der Waals surface area (Å²) >= 11 is 0. The maximum absolute atomic E-state index is 12.0. The highest BCUT2D eigenvalue weighted by atomic mass is 16.4. The third-order valence-electron chi connectivity index (χ3n) is 4.08. The number of rotatable bonds is 4. The van der Waals surface area contributed by atoms with Crippen molar-refractivity contribution in [3.63, 3.8) is 0 Å². The highest BCUT2D eigenvalue weighted by Gasteiger charge is 2.36. The minimum Gasteiger partial charge on any atom is -0.481 e. The van der Waals surface area contributed by atoms with Crippen LogP contribution in [0, 0.1) is 5.92 Å². The number of carbonyl (C=O) groups is 4. The molecule has 1 atom stereocenters. The molecular formula is C13H19N3O5. The number of nitrogens with one attached hydrogen (secondary N) is 1. The van der Waals surface area contributed by atoms with E-state index in [1.165, 1.54) is 7.05 Å². The number of imide groups is 1. The normalized spacial score (nSPS) is 23.8. The molecule has 0 aromatic carbocycles. The highest BCUT2D eigenvalue weighted by molar-refractivity contribution is 6.05. The Hall–Kier alpha value is -1.96. The molecule has 2 rings (SSSR count). The molecule has 116 valence electrons. The number of carboxylic acid groups (broad SMARTS) is 1. The highest BCUT2D eigenvalue weighted by Crippen LogP contribution is 2.17. The van der Waals surface area contributed by atoms with E-state index in [0.717, 1.165) is 4.90 Å². The van der Waals surface area contributed by atoms with E-state index in [-0.39, 0.29) is 36.6 Å². The fraction of sp³-hybridized carbons (Fsp3) is 0.692. The van der Waals surface area contributed by atoms with E-state index in [1.54, 1.807) is 4.90 Å². The molecule has 0 aromatic rings. The molecule has 0 aliphatic carbocycles. The first-order chi connectivity index (χ1) is 9.90. The largest absolute Gasteiger partial charge is 0.481 e. The molecule has 0 bridgehead atoms. The van der Waals surface area contributed by atoms with Crippen molar-refractivity contribution < 1.29 is 24.3 Å². The van der Waals surface area contributed by atoms with Gasteiger partial charge >= 0.3 is 5.97 Å². The van der Waals surface area contributed by atoms with Crippen molar-refractivity contribution in [3.8, 4) is 0 Å². The van der Waals surface area contributed by atoms with Crippen LogP contribution in [0.2, 0.25) is 0 Å². The predicted molar refractivity (Wildman–Crippen MR) is 71.1 cm³/mol. The van der Waals surface area contributed by atoms with Gasteiger partial charge in [-0.25, -0.2) is 0 Å². The average molecular weight is 297 g/mol. The Morgan fingerprint density at radius 1 is 1.29 bits per heavy atom. The van der Waals surface area contributed by atoms with Gasteiger partial charge in [0.15, 0.2) is 0 Å². The van der Waals surface area contributed by atoms with E-state index < -0.39 is 12.0 Å². The molecule has 2 aliphatic heterocycles. The first-order valence-corrected chi connectivity index (χ1v) is 6.94. The summed E-state index contributed by atoms with van der Waals surface area (Å²) in [5, 5.41) is 11.7. The van der Waals surface area contributed by atoms with Gasteiger partial charge in [0.1, 0.15) is 0 Å². The third-order valence-corrected chi connectivity index (χ3v) is 4.08. The van der Waals surface area contributed by atoms with Gasteiger partial charge in [0.25, 0.3) is 0 Å². The first kappa shape index (κ1) is 15.4. The maximum atomic E-state index is 12.0. The summed E-state index contributed by atoms with van der Waals surface area (Å²) in [4.78, 5) is 48.5. The monoisotopic (exact) mass is 297 g/mol. The second kappa shape index (κ2) is 6.21. The van der Waals surface area contributed by atoms with Gasteiger partial charge in [-0.15, -0.1) is 0 Å². The number of piperidine rings is 1. The Kier molecular flexibility index (Phi) is 4.56. The van der Waals surface area contributed by atoms with Gasteiger partial charge in [0, 0.05) is 20.1 Å². The van der Waals surface area contributed by atoms with Gasteiger partial charge in [-0.2, -0.15) is 0 Å². The number of carbonyl (C=O) groups excluding carboxylic acids is 3. The van der Waals surface area contributed by atoms with E-state index in [2.05, 4.69) is 5.32 Å². The Balaban J connectivity index is 1.77. The summed E-state index contributed by atoms with van der Waals surface area (Å²) in [6.45, 7) is 0.805. The van der Waals surface area contributed by atoms with Crippen LogP contribution in [0.25, 0.3) is 0 Å². The van der Waals surface area contributed by atoms with E-state index in [4.69, 9.17) is 5.11 Å². The van der Waals surface area contributed by atoms with Crippen molar-refractivity contribution in [2.75, 3.05) is 26.7 Å². The van der Waals surface area contributed by atoms with Gasteiger partial charge < -0.3 is 10.0 Å². The molecule has 0 spiro atoms. The topological polar surface area (TPSA) is 107 Å². The Morgan fingerprint density at radius 2 is 1.90 bits per heavy atom. The SMILES string of the molecule is CN1C(=O)CC(NCC(=O)N2CCC(C(=O)O)CC2)C1=O. The minimum absolute atomic E-state index is 0.0186. The van der Waals surface area contributed by atoms with E-state index in [1.807, 2.05) is 0 Å². The summed E-state index contributed by atoms with van der Waals surface area (Å²) in [5.74, 6) is -1.96. The van der Waals surface area contributed by atoms with Crippen LogP contribution >= 0.6 is 0 Å². The lowest BCUT2D eigenvalue weighted by Crippen LogP contribution is -2.47. The van der Waals surface area contributed by atoms with Crippen LogP contribution in [-0.4, -0.2) is 71.3 Å². The second-order valence-corrected chi connectivity index (χ2v) is 5.42. The molecule has 8 nitrogen and oxygen atoms in total. The lowest BCUT2D eigenvalue weighted by Gasteiger charge is -2.30. The average Bonchev–Trinajstić information content (AvgIpc) is 2.72. The minimum atomic E-state index is -0.821. The molecule has 0 aromatic heterocycles. The van der Waals surface area contributed by atoms with Gasteiger partial charge in [-0.05, 0) is 12.8 Å². The van der Waals surface area contributed by atoms with Crippen molar-refractivity contribution >= 4 is 23.7 Å². The molecule has 1 unspecified atom stereocenters. The van der Waals surface area contributed by atoms with Crippen LogP contribution in [0.5, 0.6) is 0 Å². The number of nitrogens with zero attached hydrogens (tertiary/aromatic N) is 2. The van der Waals surface area contributed by atoms with Gasteiger partial charge in [-0.3, -0.25) is 29.4 Å². The molecule has 2 N–H and O–H groups in total. The molecule has 2 aliphatic rings. The van der Waals surface area contributed by atoms with Crippen LogP contribution in [0.4, 0.5) is 0 Å². The van der Waals surface area contributed by atoms with E-state index in [9.17, 15) is 19.2 Å². The smallest absolute Gasteiger partial charge is 0.306 e. The number of likely N-dealkylation sites (N-methyl/N-ethyl adjacent to an activating group) is 1. The van der Waals surface area contributed by atoms with Crippen molar-refractivity contribution in [1.82, 2.24) is 15.1 Å². The number of hydrogen-bond acceptors (Lipinski definition) is 5. The molecule has 3 amide bonds. The molecule has 2 saturated heterocycles. The second-order valence-electron chi connectivity index (χ2n) is 5.42. The zero-order chi connectivity index (χ0) is 15.6. The summed E-state index contributed by atoms with van der Waals surface area (Å²) in [6, 6.07) is -0.636. The van der Waals surface area contributed by atoms with Crippen LogP contribution < -0.4 is 5.32 Å². The quantitative estimate of drug-likeness (QED) is 0.622. The number of amides is 3. The van der Waals surface area contributed by atoms with Crippen LogP contribution in [0.1, 0.15) is 19.3 Å². The zero-order valence-corrected chi connectivity index (χ0v) is 11.9. The lowest BCUT2D eigenvalue weighted by atomic mass is 9.97. The van der Waals surface area contributed by atoms with Gasteiger partial charge in [0.05, 0.1) is 24.9 Å². The van der Waals surface area contributed by atoms with Crippen molar-refractivity contribution in [3.05, 3.63) is 0 Å². The standard InChI is InChI=1S/C13H19N3O5/c1-15-10(17)6-9(12(15)19)14-7-11(18)16-4-2-8(3-5-16)13(20)21/h8-9,14H,2-7H2,1H3,(H,20,21). The Morgan fingerprint density at radius 3 is 2.38 bits per heavy atom. The summed E-state index contributed by atoms with van der Waals surface area (Å²) in [7, 11) is 1.42. The fourth-order valence-corrected chi connectivity index (χ4v) is 2.61. The lowest BCUT2D eigenvalue weighted by molar-refractivity contribution is -0.145. The Labute approximate surface area is 122 Å². The zero-order valence-electron chi connectivity index (χ0n) is 11.9. The number of hydrogen-bond donors (Lipinski definition) is 2. The van der Waals surface area contributed by atoms with E-state index in [0.29, 0.717) is 25.9 Å². The predicted octanol–water partition coefficient (Wildman–Crippen LogP) is -1.34. The van der Waals surface area contributed by atoms with Crippen molar-refractivity contribution in [2.45, 2.75) is 25.3 Å². The van der Waals surface area contributed by atoms with Crippen molar-refractivity contribution in [2.24, 2.45) is 5.92 Å². The van der Waals surface area contributed by atoms with E-state index >= 15 is 0 Å². The third kappa shape index (κ3) is 3.38. The number of likely N-dealkylation sites (tertiary alicyclic amines) is 2. The van der Waals surface area contributed by atoms with Crippen molar-refractivity contribution in [1.29, 1.82) is 0 Å². The van der Waals surface area contributed by atoms with Crippen LogP contribution in [0.3, 0.4) is 0 Å². The molecule has 8 heteroatoms. The van der Waals surface area contributed by atoms with Gasteiger partial charge in [-0.1, -0.05) is 0 Å². The fourth-order valence-electron chi connectivity index (χ4n) is 2.61. The number of aliphatic carboxylic acids is 1. The molecule has 2 heterocycles. The molecule has 2 fully saturated rings.